The maximum Gasteiger partial charge on any atom is 0.208 e. The van der Waals surface area contributed by atoms with Gasteiger partial charge in [-0.05, 0) is 31.2 Å². The average molecular weight is 286 g/mol. The Bertz CT molecular complexity index is 547. The Morgan fingerprint density at radius 3 is 2.33 bits per heavy atom. The highest BCUT2D eigenvalue weighted by atomic mass is 16.4. The van der Waals surface area contributed by atoms with Crippen molar-refractivity contribution in [3.05, 3.63) is 53.2 Å². The number of oxazole rings is 1. The van der Waals surface area contributed by atoms with Crippen LogP contribution in [0.25, 0.3) is 0 Å². The molecule has 2 rings (SSSR count). The number of hydrogen-bond donors (Lipinski definition) is 1. The Morgan fingerprint density at radius 2 is 1.81 bits per heavy atom. The van der Waals surface area contributed by atoms with Gasteiger partial charge in [0.15, 0.2) is 0 Å². The molecule has 0 bridgehead atoms. The smallest absolute Gasteiger partial charge is 0.208 e. The molecule has 2 aromatic rings. The predicted octanol–water partition coefficient (Wildman–Crippen LogP) is 4.56. The highest BCUT2D eigenvalue weighted by Gasteiger charge is 2.20. The molecule has 0 amide bonds. The Hall–Kier alpha value is -1.61. The minimum absolute atomic E-state index is 0.260. The van der Waals surface area contributed by atoms with Crippen molar-refractivity contribution in [2.24, 2.45) is 5.41 Å². The van der Waals surface area contributed by atoms with Gasteiger partial charge in [0.1, 0.15) is 5.76 Å². The number of aryl methyl sites for hydroxylation is 2. The molecule has 1 N–H and O–H groups in total. The van der Waals surface area contributed by atoms with Gasteiger partial charge >= 0.3 is 0 Å². The van der Waals surface area contributed by atoms with Crippen molar-refractivity contribution in [2.75, 3.05) is 0 Å². The molecule has 1 aromatic heterocycles. The van der Waals surface area contributed by atoms with Crippen LogP contribution in [0, 0.1) is 19.3 Å². The summed E-state index contributed by atoms with van der Waals surface area (Å²) in [5.41, 5.74) is 2.54. The number of benzene rings is 1. The first-order chi connectivity index (χ1) is 9.85. The van der Waals surface area contributed by atoms with E-state index in [1.54, 1.807) is 0 Å². The van der Waals surface area contributed by atoms with Crippen LogP contribution in [0.3, 0.4) is 0 Å². The van der Waals surface area contributed by atoms with E-state index in [0.717, 1.165) is 23.8 Å². The van der Waals surface area contributed by atoms with E-state index < -0.39 is 0 Å². The second-order valence-electron chi connectivity index (χ2n) is 6.86. The summed E-state index contributed by atoms with van der Waals surface area (Å²) in [7, 11) is 0. The van der Waals surface area contributed by atoms with Crippen molar-refractivity contribution in [1.82, 2.24) is 10.3 Å². The third-order valence-corrected chi connectivity index (χ3v) is 3.59. The zero-order valence-corrected chi connectivity index (χ0v) is 13.7. The number of aromatic nitrogens is 1. The van der Waals surface area contributed by atoms with Crippen molar-refractivity contribution in [2.45, 2.75) is 53.6 Å². The molecular formula is C18H26N2O. The predicted molar refractivity (Wildman–Crippen MR) is 86.1 cm³/mol. The van der Waals surface area contributed by atoms with E-state index in [2.05, 4.69) is 61.4 Å². The molecule has 0 saturated heterocycles. The van der Waals surface area contributed by atoms with Crippen LogP contribution in [-0.4, -0.2) is 4.98 Å². The van der Waals surface area contributed by atoms with Gasteiger partial charge in [0.25, 0.3) is 0 Å². The summed E-state index contributed by atoms with van der Waals surface area (Å²) < 4.78 is 5.66. The van der Waals surface area contributed by atoms with Crippen LogP contribution in [0.2, 0.25) is 0 Å². The first kappa shape index (κ1) is 15.8. The zero-order chi connectivity index (χ0) is 15.5. The Labute approximate surface area is 127 Å². The van der Waals surface area contributed by atoms with Gasteiger partial charge in [-0.25, -0.2) is 4.98 Å². The van der Waals surface area contributed by atoms with Crippen LogP contribution >= 0.6 is 0 Å². The number of rotatable bonds is 5. The number of nitrogens with zero attached hydrogens (tertiary/aromatic N) is 1. The fourth-order valence-electron chi connectivity index (χ4n) is 2.43. The van der Waals surface area contributed by atoms with E-state index in [1.165, 1.54) is 5.56 Å². The molecule has 1 heterocycles. The first-order valence-corrected chi connectivity index (χ1v) is 7.56. The molecule has 0 spiro atoms. The lowest BCUT2D eigenvalue weighted by atomic mass is 9.85. The van der Waals surface area contributed by atoms with Crippen molar-refractivity contribution in [3.63, 3.8) is 0 Å². The standard InChI is InChI=1S/C18H26N2O/c1-13-14(2)21-17(20-13)12-19-16(11-18(3,4)5)15-9-7-6-8-10-15/h6-10,16,19H,11-12H2,1-5H3. The van der Waals surface area contributed by atoms with E-state index in [9.17, 15) is 0 Å². The van der Waals surface area contributed by atoms with Gasteiger partial charge in [0.2, 0.25) is 5.89 Å². The van der Waals surface area contributed by atoms with Crippen molar-refractivity contribution < 1.29 is 4.42 Å². The number of nitrogens with one attached hydrogen (secondary N) is 1. The van der Waals surface area contributed by atoms with Gasteiger partial charge in [-0.2, -0.15) is 0 Å². The SMILES string of the molecule is Cc1nc(CNC(CC(C)(C)C)c2ccccc2)oc1C. The second-order valence-corrected chi connectivity index (χ2v) is 6.86. The number of hydrogen-bond acceptors (Lipinski definition) is 3. The Morgan fingerprint density at radius 1 is 1.14 bits per heavy atom. The third-order valence-electron chi connectivity index (χ3n) is 3.59. The zero-order valence-electron chi connectivity index (χ0n) is 13.7. The Balaban J connectivity index is 2.09. The van der Waals surface area contributed by atoms with E-state index >= 15 is 0 Å². The van der Waals surface area contributed by atoms with Crippen LogP contribution < -0.4 is 5.32 Å². The normalized spacial score (nSPS) is 13.4. The molecule has 0 saturated carbocycles. The van der Waals surface area contributed by atoms with Gasteiger partial charge in [-0.15, -0.1) is 0 Å². The maximum atomic E-state index is 5.66. The molecule has 21 heavy (non-hydrogen) atoms. The molecular weight excluding hydrogens is 260 g/mol. The molecule has 0 aliphatic heterocycles. The summed E-state index contributed by atoms with van der Waals surface area (Å²) in [5, 5.41) is 3.59. The lowest BCUT2D eigenvalue weighted by molar-refractivity contribution is 0.302. The van der Waals surface area contributed by atoms with Gasteiger partial charge in [0, 0.05) is 6.04 Å². The minimum Gasteiger partial charge on any atom is -0.444 e. The van der Waals surface area contributed by atoms with Gasteiger partial charge in [-0.1, -0.05) is 51.1 Å². The fraction of sp³-hybridized carbons (Fsp3) is 0.500. The lowest BCUT2D eigenvalue weighted by Gasteiger charge is -2.27. The van der Waals surface area contributed by atoms with Crippen molar-refractivity contribution >= 4 is 0 Å². The highest BCUT2D eigenvalue weighted by molar-refractivity contribution is 5.19. The van der Waals surface area contributed by atoms with E-state index in [1.807, 2.05) is 13.8 Å². The molecule has 1 atom stereocenters. The van der Waals surface area contributed by atoms with Crippen molar-refractivity contribution in [3.8, 4) is 0 Å². The van der Waals surface area contributed by atoms with Gasteiger partial charge in [0.05, 0.1) is 12.2 Å². The molecule has 0 aliphatic rings. The first-order valence-electron chi connectivity index (χ1n) is 7.56. The fourth-order valence-corrected chi connectivity index (χ4v) is 2.43. The lowest BCUT2D eigenvalue weighted by Crippen LogP contribution is -2.25. The molecule has 0 aliphatic carbocycles. The van der Waals surface area contributed by atoms with Crippen LogP contribution in [0.1, 0.15) is 56.1 Å². The molecule has 0 fully saturated rings. The maximum absolute atomic E-state index is 5.66. The molecule has 3 heteroatoms. The summed E-state index contributed by atoms with van der Waals surface area (Å²) in [5.74, 6) is 1.67. The quantitative estimate of drug-likeness (QED) is 0.875. The Kier molecular flexibility index (Phi) is 4.84. The van der Waals surface area contributed by atoms with E-state index in [4.69, 9.17) is 4.42 Å². The molecule has 114 valence electrons. The van der Waals surface area contributed by atoms with E-state index in [-0.39, 0.29) is 5.41 Å². The summed E-state index contributed by atoms with van der Waals surface area (Å²) >= 11 is 0. The molecule has 1 unspecified atom stereocenters. The monoisotopic (exact) mass is 286 g/mol. The highest BCUT2D eigenvalue weighted by Crippen LogP contribution is 2.29. The summed E-state index contributed by atoms with van der Waals surface area (Å²) in [6, 6.07) is 10.9. The minimum atomic E-state index is 0.260. The van der Waals surface area contributed by atoms with Gasteiger partial charge < -0.3 is 9.73 Å². The van der Waals surface area contributed by atoms with Crippen LogP contribution in [0.5, 0.6) is 0 Å². The summed E-state index contributed by atoms with van der Waals surface area (Å²) in [6.45, 7) is 11.4. The summed E-state index contributed by atoms with van der Waals surface area (Å²) in [4.78, 5) is 4.44. The van der Waals surface area contributed by atoms with Crippen LogP contribution in [0.4, 0.5) is 0 Å². The molecule has 1 aromatic carbocycles. The van der Waals surface area contributed by atoms with Crippen LogP contribution in [0.15, 0.2) is 34.7 Å². The van der Waals surface area contributed by atoms with Crippen molar-refractivity contribution in [1.29, 1.82) is 0 Å². The second kappa shape index (κ2) is 6.44. The molecule has 0 radical (unpaired) electrons. The van der Waals surface area contributed by atoms with Crippen LogP contribution in [-0.2, 0) is 6.54 Å². The third kappa shape index (κ3) is 4.71. The van der Waals surface area contributed by atoms with E-state index in [0.29, 0.717) is 12.6 Å². The average Bonchev–Trinajstić information content (AvgIpc) is 2.73. The topological polar surface area (TPSA) is 38.1 Å². The largest absolute Gasteiger partial charge is 0.444 e. The molecule has 3 nitrogen and oxygen atoms in total. The summed E-state index contributed by atoms with van der Waals surface area (Å²) in [6.07, 6.45) is 1.07. The van der Waals surface area contributed by atoms with Gasteiger partial charge in [-0.3, -0.25) is 0 Å².